The van der Waals surface area contributed by atoms with Crippen molar-refractivity contribution in [2.75, 3.05) is 18.1 Å². The van der Waals surface area contributed by atoms with Crippen LogP contribution in [0.5, 0.6) is 5.75 Å². The number of Topliss-reactive ketones (excluding diaryl/α,β-unsaturated/α-hetero) is 1. The number of ether oxygens (including phenoxy) is 1. The summed E-state index contributed by atoms with van der Waals surface area (Å²) in [6, 6.07) is 22.2. The third kappa shape index (κ3) is 4.69. The molecule has 1 amide bonds. The molecule has 0 fully saturated rings. The van der Waals surface area contributed by atoms with Crippen LogP contribution in [0.3, 0.4) is 0 Å². The van der Waals surface area contributed by atoms with Crippen LogP contribution in [0.4, 0.5) is 5.69 Å². The van der Waals surface area contributed by atoms with E-state index in [1.807, 2.05) is 49.4 Å². The number of carbonyl (C=O) groups is 2. The van der Waals surface area contributed by atoms with E-state index in [0.29, 0.717) is 16.8 Å². The fourth-order valence-electron chi connectivity index (χ4n) is 4.27. The lowest BCUT2D eigenvalue weighted by Crippen LogP contribution is -2.43. The maximum absolute atomic E-state index is 13.3. The standard InChI is InChI=1S/C28H29NO4/c1-3-6-21-11-13-22(14-12-21)26(30)19-28(32)24-7-4-5-8-25(24)29(27(28)31)17-18-33-23-15-9-20(2)10-16-23/h4-5,7-16,32H,3,6,17-19H2,1-2H3. The van der Waals surface area contributed by atoms with Crippen LogP contribution in [-0.2, 0) is 16.8 Å². The first-order valence-corrected chi connectivity index (χ1v) is 11.4. The first-order chi connectivity index (χ1) is 15.9. The molecule has 0 radical (unpaired) electrons. The van der Waals surface area contributed by atoms with Crippen molar-refractivity contribution in [2.24, 2.45) is 0 Å². The Morgan fingerprint density at radius 1 is 1.00 bits per heavy atom. The number of rotatable bonds is 9. The number of amides is 1. The quantitative estimate of drug-likeness (QED) is 0.481. The number of aryl methyl sites for hydroxylation is 2. The number of carbonyl (C=O) groups excluding carboxylic acids is 2. The minimum atomic E-state index is -1.89. The fourth-order valence-corrected chi connectivity index (χ4v) is 4.27. The van der Waals surface area contributed by atoms with Crippen LogP contribution in [0.1, 0.15) is 46.8 Å². The van der Waals surface area contributed by atoms with Crippen LogP contribution < -0.4 is 9.64 Å². The van der Waals surface area contributed by atoms with E-state index in [0.717, 1.165) is 29.7 Å². The van der Waals surface area contributed by atoms with E-state index in [-0.39, 0.29) is 25.4 Å². The second kappa shape index (κ2) is 9.59. The van der Waals surface area contributed by atoms with Gasteiger partial charge in [0.1, 0.15) is 12.4 Å². The molecule has 1 aliphatic heterocycles. The van der Waals surface area contributed by atoms with E-state index in [1.54, 1.807) is 30.3 Å². The van der Waals surface area contributed by atoms with Gasteiger partial charge in [0, 0.05) is 11.1 Å². The van der Waals surface area contributed by atoms with Gasteiger partial charge >= 0.3 is 0 Å². The summed E-state index contributed by atoms with van der Waals surface area (Å²) in [6.45, 7) is 4.65. The molecule has 0 saturated heterocycles. The first-order valence-electron chi connectivity index (χ1n) is 11.4. The summed E-state index contributed by atoms with van der Waals surface area (Å²) in [4.78, 5) is 27.9. The zero-order chi connectivity index (χ0) is 23.4. The summed E-state index contributed by atoms with van der Waals surface area (Å²) in [7, 11) is 0. The number of aliphatic hydroxyl groups is 1. The summed E-state index contributed by atoms with van der Waals surface area (Å²) in [5, 5.41) is 11.4. The Bertz CT molecular complexity index is 1140. The number of nitrogens with zero attached hydrogens (tertiary/aromatic N) is 1. The molecule has 1 N–H and O–H groups in total. The summed E-state index contributed by atoms with van der Waals surface area (Å²) < 4.78 is 5.79. The molecule has 4 rings (SSSR count). The van der Waals surface area contributed by atoms with Crippen molar-refractivity contribution >= 4 is 17.4 Å². The Hall–Kier alpha value is -3.44. The van der Waals surface area contributed by atoms with Crippen LogP contribution in [0.15, 0.2) is 72.8 Å². The number of fused-ring (bicyclic) bond motifs is 1. The van der Waals surface area contributed by atoms with Crippen molar-refractivity contribution in [2.45, 2.75) is 38.7 Å². The van der Waals surface area contributed by atoms with E-state index in [4.69, 9.17) is 4.74 Å². The number of anilines is 1. The van der Waals surface area contributed by atoms with Crippen molar-refractivity contribution in [3.05, 3.63) is 95.1 Å². The molecule has 0 aromatic heterocycles. The maximum Gasteiger partial charge on any atom is 0.264 e. The zero-order valence-corrected chi connectivity index (χ0v) is 19.1. The highest BCUT2D eigenvalue weighted by Crippen LogP contribution is 2.42. The molecule has 0 aliphatic carbocycles. The van der Waals surface area contributed by atoms with Crippen LogP contribution in [0.25, 0.3) is 0 Å². The van der Waals surface area contributed by atoms with E-state index in [2.05, 4.69) is 6.92 Å². The third-order valence-corrected chi connectivity index (χ3v) is 6.07. The molecule has 5 heteroatoms. The maximum atomic E-state index is 13.3. The Morgan fingerprint density at radius 2 is 1.70 bits per heavy atom. The second-order valence-corrected chi connectivity index (χ2v) is 8.54. The van der Waals surface area contributed by atoms with Gasteiger partial charge in [-0.3, -0.25) is 9.59 Å². The van der Waals surface area contributed by atoms with Crippen molar-refractivity contribution in [3.8, 4) is 5.75 Å². The number of hydrogen-bond acceptors (Lipinski definition) is 4. The predicted octanol–water partition coefficient (Wildman–Crippen LogP) is 4.83. The van der Waals surface area contributed by atoms with Crippen LogP contribution in [0, 0.1) is 6.92 Å². The van der Waals surface area contributed by atoms with Crippen molar-refractivity contribution in [1.29, 1.82) is 0 Å². The number of para-hydroxylation sites is 1. The highest BCUT2D eigenvalue weighted by Gasteiger charge is 2.50. The van der Waals surface area contributed by atoms with Gasteiger partial charge in [-0.15, -0.1) is 0 Å². The van der Waals surface area contributed by atoms with Crippen molar-refractivity contribution < 1.29 is 19.4 Å². The van der Waals surface area contributed by atoms with Gasteiger partial charge in [0.15, 0.2) is 11.4 Å². The van der Waals surface area contributed by atoms with Crippen LogP contribution in [0.2, 0.25) is 0 Å². The Kier molecular flexibility index (Phi) is 6.61. The SMILES string of the molecule is CCCc1ccc(C(=O)CC2(O)C(=O)N(CCOc3ccc(C)cc3)c3ccccc32)cc1. The van der Waals surface area contributed by atoms with Crippen molar-refractivity contribution in [3.63, 3.8) is 0 Å². The van der Waals surface area contributed by atoms with Gasteiger partial charge < -0.3 is 14.7 Å². The lowest BCUT2D eigenvalue weighted by molar-refractivity contribution is -0.135. The summed E-state index contributed by atoms with van der Waals surface area (Å²) in [5.74, 6) is -0.0360. The molecular formula is C28H29NO4. The topological polar surface area (TPSA) is 66.8 Å². The van der Waals surface area contributed by atoms with E-state index in [1.165, 1.54) is 4.90 Å². The molecule has 5 nitrogen and oxygen atoms in total. The molecule has 170 valence electrons. The third-order valence-electron chi connectivity index (χ3n) is 6.07. The summed E-state index contributed by atoms with van der Waals surface area (Å²) in [5.41, 5.74) is 1.98. The molecule has 1 unspecified atom stereocenters. The number of hydrogen-bond donors (Lipinski definition) is 1. The average Bonchev–Trinajstić information content (AvgIpc) is 3.03. The predicted molar refractivity (Wildman–Crippen MR) is 129 cm³/mol. The first kappa shape index (κ1) is 22.7. The normalized spacial score (nSPS) is 17.2. The average molecular weight is 444 g/mol. The fraction of sp³-hybridized carbons (Fsp3) is 0.286. The smallest absolute Gasteiger partial charge is 0.264 e. The summed E-state index contributed by atoms with van der Waals surface area (Å²) in [6.07, 6.45) is 1.68. The highest BCUT2D eigenvalue weighted by atomic mass is 16.5. The van der Waals surface area contributed by atoms with Gasteiger partial charge in [0.2, 0.25) is 0 Å². The van der Waals surface area contributed by atoms with Crippen molar-refractivity contribution in [1.82, 2.24) is 0 Å². The lowest BCUT2D eigenvalue weighted by Gasteiger charge is -2.23. The van der Waals surface area contributed by atoms with E-state index < -0.39 is 11.5 Å². The molecule has 3 aromatic rings. The lowest BCUT2D eigenvalue weighted by atomic mass is 9.88. The minimum Gasteiger partial charge on any atom is -0.492 e. The number of ketones is 1. The molecule has 0 saturated carbocycles. The highest BCUT2D eigenvalue weighted by molar-refractivity contribution is 6.10. The van der Waals surface area contributed by atoms with Gasteiger partial charge in [-0.25, -0.2) is 0 Å². The van der Waals surface area contributed by atoms with Gasteiger partial charge in [0.05, 0.1) is 18.7 Å². The Morgan fingerprint density at radius 3 is 2.39 bits per heavy atom. The molecule has 0 bridgehead atoms. The van der Waals surface area contributed by atoms with Crippen LogP contribution in [-0.4, -0.2) is 29.9 Å². The van der Waals surface area contributed by atoms with Crippen LogP contribution >= 0.6 is 0 Å². The van der Waals surface area contributed by atoms with Gasteiger partial charge in [-0.1, -0.05) is 73.5 Å². The minimum absolute atomic E-state index is 0.263. The monoisotopic (exact) mass is 443 g/mol. The molecule has 0 spiro atoms. The zero-order valence-electron chi connectivity index (χ0n) is 19.1. The molecular weight excluding hydrogens is 414 g/mol. The Labute approximate surface area is 194 Å². The molecule has 33 heavy (non-hydrogen) atoms. The van der Waals surface area contributed by atoms with Gasteiger partial charge in [-0.05, 0) is 37.1 Å². The molecule has 1 aliphatic rings. The van der Waals surface area contributed by atoms with E-state index >= 15 is 0 Å². The molecule has 1 atom stereocenters. The van der Waals surface area contributed by atoms with Gasteiger partial charge in [-0.2, -0.15) is 0 Å². The van der Waals surface area contributed by atoms with Gasteiger partial charge in [0.25, 0.3) is 5.91 Å². The second-order valence-electron chi connectivity index (χ2n) is 8.54. The largest absolute Gasteiger partial charge is 0.492 e. The number of benzene rings is 3. The van der Waals surface area contributed by atoms with E-state index in [9.17, 15) is 14.7 Å². The molecule has 3 aromatic carbocycles. The molecule has 1 heterocycles. The summed E-state index contributed by atoms with van der Waals surface area (Å²) >= 11 is 0. The Balaban J connectivity index is 1.50.